The molecule has 1 atom stereocenters. The third-order valence-electron chi connectivity index (χ3n) is 5.72. The second kappa shape index (κ2) is 8.74. The summed E-state index contributed by atoms with van der Waals surface area (Å²) in [6.07, 6.45) is 3.11. The molecule has 1 aromatic carbocycles. The van der Waals surface area contributed by atoms with E-state index in [2.05, 4.69) is 10.3 Å². The molecular weight excluding hydrogens is 464 g/mol. The van der Waals surface area contributed by atoms with Crippen molar-refractivity contribution in [2.24, 2.45) is 0 Å². The Morgan fingerprint density at radius 1 is 1.30 bits per heavy atom. The predicted octanol–water partition coefficient (Wildman–Crippen LogP) is 3.55. The number of nitrogens with one attached hydrogen (secondary N) is 1. The van der Waals surface area contributed by atoms with Gasteiger partial charge in [0, 0.05) is 18.2 Å². The predicted molar refractivity (Wildman–Crippen MR) is 129 cm³/mol. The molecule has 1 N–H and O–H groups in total. The number of ether oxygens (including phenoxy) is 1. The number of amides is 1. The summed E-state index contributed by atoms with van der Waals surface area (Å²) < 4.78 is 8.57. The maximum absolute atomic E-state index is 13.5. The van der Waals surface area contributed by atoms with Crippen molar-refractivity contribution in [2.75, 3.05) is 11.9 Å². The smallest absolute Gasteiger partial charge is 0.332 e. The number of carbonyl (C=O) groups is 1. The molecule has 1 saturated heterocycles. The highest BCUT2D eigenvalue weighted by Crippen LogP contribution is 2.29. The molecule has 0 aliphatic carbocycles. The molecule has 1 unspecified atom stereocenters. The van der Waals surface area contributed by atoms with Gasteiger partial charge in [0.05, 0.1) is 28.9 Å². The van der Waals surface area contributed by atoms with Crippen LogP contribution in [0, 0.1) is 6.92 Å². The van der Waals surface area contributed by atoms with Gasteiger partial charge in [-0.2, -0.15) is 0 Å². The number of anilines is 1. The van der Waals surface area contributed by atoms with Crippen molar-refractivity contribution in [3.05, 3.63) is 68.0 Å². The fourth-order valence-electron chi connectivity index (χ4n) is 4.14. The first-order chi connectivity index (χ1) is 15.9. The van der Waals surface area contributed by atoms with E-state index < -0.39 is 11.6 Å². The molecule has 0 spiro atoms. The number of fused-ring (bicyclic) bond motifs is 3. The molecule has 0 bridgehead atoms. The van der Waals surface area contributed by atoms with Gasteiger partial charge in [0.15, 0.2) is 0 Å². The van der Waals surface area contributed by atoms with Crippen LogP contribution in [-0.2, 0) is 22.6 Å². The van der Waals surface area contributed by atoms with Gasteiger partial charge in [0.25, 0.3) is 5.56 Å². The molecule has 1 fully saturated rings. The van der Waals surface area contributed by atoms with Crippen LogP contribution in [0.2, 0.25) is 5.02 Å². The molecule has 1 aliphatic rings. The van der Waals surface area contributed by atoms with E-state index in [4.69, 9.17) is 16.3 Å². The zero-order chi connectivity index (χ0) is 23.1. The summed E-state index contributed by atoms with van der Waals surface area (Å²) in [6.45, 7) is 2.40. The molecule has 4 aromatic rings. The average molecular weight is 485 g/mol. The van der Waals surface area contributed by atoms with Gasteiger partial charge in [0.2, 0.25) is 5.91 Å². The molecule has 3 aromatic heterocycles. The number of halogens is 1. The van der Waals surface area contributed by atoms with E-state index in [0.29, 0.717) is 37.8 Å². The van der Waals surface area contributed by atoms with E-state index in [1.165, 1.54) is 20.5 Å². The summed E-state index contributed by atoms with van der Waals surface area (Å²) in [5.41, 5.74) is 0.922. The normalized spacial score (nSPS) is 16.0. The Kier molecular flexibility index (Phi) is 5.77. The fourth-order valence-corrected chi connectivity index (χ4v) is 5.52. The molecule has 0 saturated carbocycles. The fraction of sp³-hybridized carbons (Fsp3) is 0.304. The largest absolute Gasteiger partial charge is 0.376 e. The van der Waals surface area contributed by atoms with Gasteiger partial charge in [-0.05, 0) is 49.6 Å². The van der Waals surface area contributed by atoms with Crippen LogP contribution in [0.1, 0.15) is 18.4 Å². The molecule has 0 radical (unpaired) electrons. The number of aryl methyl sites for hydroxylation is 1. The minimum Gasteiger partial charge on any atom is -0.376 e. The zero-order valence-electron chi connectivity index (χ0n) is 17.8. The number of thiophene rings is 1. The lowest BCUT2D eigenvalue weighted by atomic mass is 10.2. The number of aromatic nitrogens is 3. The SMILES string of the molecule is Cc1ccc(NC(=O)Cn2c(=O)n(CC3CCCO3)c(=O)c3sc4ncccc4c32)c(Cl)c1. The van der Waals surface area contributed by atoms with Gasteiger partial charge < -0.3 is 10.1 Å². The maximum atomic E-state index is 13.5. The summed E-state index contributed by atoms with van der Waals surface area (Å²) in [4.78, 5) is 44.7. The van der Waals surface area contributed by atoms with Gasteiger partial charge in [0.1, 0.15) is 16.1 Å². The van der Waals surface area contributed by atoms with Gasteiger partial charge in [-0.1, -0.05) is 17.7 Å². The Morgan fingerprint density at radius 3 is 2.91 bits per heavy atom. The first-order valence-electron chi connectivity index (χ1n) is 10.6. The number of benzene rings is 1. The Bertz CT molecular complexity index is 1500. The van der Waals surface area contributed by atoms with Crippen molar-refractivity contribution in [3.63, 3.8) is 0 Å². The van der Waals surface area contributed by atoms with E-state index in [9.17, 15) is 14.4 Å². The highest BCUT2D eigenvalue weighted by molar-refractivity contribution is 7.25. The molecule has 33 heavy (non-hydrogen) atoms. The van der Waals surface area contributed by atoms with Crippen molar-refractivity contribution < 1.29 is 9.53 Å². The first kappa shape index (κ1) is 21.8. The molecule has 1 amide bonds. The topological polar surface area (TPSA) is 95.2 Å². The van der Waals surface area contributed by atoms with Crippen molar-refractivity contribution in [1.82, 2.24) is 14.1 Å². The van der Waals surface area contributed by atoms with Crippen LogP contribution in [-0.4, -0.2) is 32.7 Å². The van der Waals surface area contributed by atoms with Crippen molar-refractivity contribution in [1.29, 1.82) is 0 Å². The van der Waals surface area contributed by atoms with Crippen LogP contribution in [0.25, 0.3) is 20.4 Å². The Labute approximate surface area is 197 Å². The number of rotatable bonds is 5. The second-order valence-electron chi connectivity index (χ2n) is 8.09. The zero-order valence-corrected chi connectivity index (χ0v) is 19.4. The third kappa shape index (κ3) is 4.07. The minimum absolute atomic E-state index is 0.153. The number of carbonyl (C=O) groups excluding carboxylic acids is 1. The van der Waals surface area contributed by atoms with Gasteiger partial charge in [-0.3, -0.25) is 18.7 Å². The maximum Gasteiger partial charge on any atom is 0.332 e. The van der Waals surface area contributed by atoms with E-state index in [1.807, 2.05) is 13.0 Å². The summed E-state index contributed by atoms with van der Waals surface area (Å²) in [5.74, 6) is -0.422. The summed E-state index contributed by atoms with van der Waals surface area (Å²) in [5, 5.41) is 3.85. The monoisotopic (exact) mass is 484 g/mol. The van der Waals surface area contributed by atoms with E-state index in [-0.39, 0.29) is 24.8 Å². The van der Waals surface area contributed by atoms with Crippen LogP contribution in [0.15, 0.2) is 46.1 Å². The second-order valence-corrected chi connectivity index (χ2v) is 9.49. The Balaban J connectivity index is 1.61. The lowest BCUT2D eigenvalue weighted by Crippen LogP contribution is -2.43. The number of hydrogen-bond acceptors (Lipinski definition) is 6. The molecule has 5 rings (SSSR count). The quantitative estimate of drug-likeness (QED) is 0.467. The van der Waals surface area contributed by atoms with Crippen LogP contribution in [0.3, 0.4) is 0 Å². The Hall–Kier alpha value is -3.01. The van der Waals surface area contributed by atoms with Crippen LogP contribution < -0.4 is 16.6 Å². The third-order valence-corrected chi connectivity index (χ3v) is 7.13. The van der Waals surface area contributed by atoms with Gasteiger partial charge >= 0.3 is 5.69 Å². The van der Waals surface area contributed by atoms with Crippen molar-refractivity contribution >= 4 is 55.0 Å². The Morgan fingerprint density at radius 2 is 2.15 bits per heavy atom. The minimum atomic E-state index is -0.545. The highest BCUT2D eigenvalue weighted by Gasteiger charge is 2.24. The van der Waals surface area contributed by atoms with E-state index in [0.717, 1.165) is 18.4 Å². The molecule has 1 aliphatic heterocycles. The molecule has 4 heterocycles. The van der Waals surface area contributed by atoms with Crippen LogP contribution in [0.5, 0.6) is 0 Å². The summed E-state index contributed by atoms with van der Waals surface area (Å²) >= 11 is 7.48. The molecule has 10 heteroatoms. The molecule has 8 nitrogen and oxygen atoms in total. The molecule has 170 valence electrons. The van der Waals surface area contributed by atoms with E-state index >= 15 is 0 Å². The summed E-state index contributed by atoms with van der Waals surface area (Å²) in [7, 11) is 0. The molecular formula is C23H21ClN4O4S. The number of nitrogens with zero attached hydrogens (tertiary/aromatic N) is 3. The van der Waals surface area contributed by atoms with Gasteiger partial charge in [-0.15, -0.1) is 11.3 Å². The first-order valence-corrected chi connectivity index (χ1v) is 11.8. The van der Waals surface area contributed by atoms with Crippen LogP contribution >= 0.6 is 22.9 Å². The average Bonchev–Trinajstić information content (AvgIpc) is 3.44. The van der Waals surface area contributed by atoms with Crippen molar-refractivity contribution in [2.45, 2.75) is 39.0 Å². The van der Waals surface area contributed by atoms with E-state index in [1.54, 1.807) is 30.5 Å². The number of hydrogen-bond donors (Lipinski definition) is 1. The summed E-state index contributed by atoms with van der Waals surface area (Å²) in [6, 6.07) is 8.85. The van der Waals surface area contributed by atoms with Gasteiger partial charge in [-0.25, -0.2) is 9.78 Å². The lowest BCUT2D eigenvalue weighted by Gasteiger charge is -2.15. The lowest BCUT2D eigenvalue weighted by molar-refractivity contribution is -0.116. The van der Waals surface area contributed by atoms with Crippen LogP contribution in [0.4, 0.5) is 5.69 Å². The standard InChI is InChI=1S/C23H21ClN4O4S/c1-13-6-7-17(16(24)10-13)26-18(29)12-27-19-15-5-2-8-25-21(15)33-20(19)22(30)28(23(27)31)11-14-4-3-9-32-14/h2,5-8,10,14H,3-4,9,11-12H2,1H3,(H,26,29). The van der Waals surface area contributed by atoms with Crippen molar-refractivity contribution in [3.8, 4) is 0 Å². The highest BCUT2D eigenvalue weighted by atomic mass is 35.5. The number of pyridine rings is 1.